The monoisotopic (exact) mass is 255 g/mol. The molecule has 5 heteroatoms. The van der Waals surface area contributed by atoms with E-state index in [0.717, 1.165) is 10.9 Å². The van der Waals surface area contributed by atoms with Gasteiger partial charge >= 0.3 is 0 Å². The highest BCUT2D eigenvalue weighted by Gasteiger charge is 2.11. The summed E-state index contributed by atoms with van der Waals surface area (Å²) in [5, 5.41) is 7.67. The van der Waals surface area contributed by atoms with E-state index < -0.39 is 0 Å². The Bertz CT molecular complexity index is 686. The van der Waals surface area contributed by atoms with Crippen molar-refractivity contribution in [2.45, 2.75) is 13.0 Å². The molecule has 2 aromatic heterocycles. The molecule has 96 valence electrons. The van der Waals surface area contributed by atoms with Gasteiger partial charge in [0.1, 0.15) is 5.69 Å². The van der Waals surface area contributed by atoms with Crippen molar-refractivity contribution in [2.24, 2.45) is 0 Å². The molecule has 19 heavy (non-hydrogen) atoms. The SMILES string of the molecule is O=C(Cc1noc2ccccc12)NCc1cc[nH]c1. The third-order valence-corrected chi connectivity index (χ3v) is 2.93. The maximum absolute atomic E-state index is 11.8. The predicted octanol–water partition coefficient (Wildman–Crippen LogP) is 2.01. The van der Waals surface area contributed by atoms with Crippen molar-refractivity contribution >= 4 is 16.9 Å². The Labute approximate surface area is 109 Å². The molecule has 0 bridgehead atoms. The van der Waals surface area contributed by atoms with Crippen LogP contribution in [0.4, 0.5) is 0 Å². The van der Waals surface area contributed by atoms with Crippen LogP contribution in [0.1, 0.15) is 11.3 Å². The Kier molecular flexibility index (Phi) is 3.02. The van der Waals surface area contributed by atoms with E-state index in [9.17, 15) is 4.79 Å². The van der Waals surface area contributed by atoms with Gasteiger partial charge in [-0.05, 0) is 23.8 Å². The summed E-state index contributed by atoms with van der Waals surface area (Å²) >= 11 is 0. The largest absolute Gasteiger partial charge is 0.367 e. The number of para-hydroxylation sites is 1. The zero-order valence-corrected chi connectivity index (χ0v) is 10.2. The summed E-state index contributed by atoms with van der Waals surface area (Å²) in [5.41, 5.74) is 2.41. The molecule has 0 aliphatic heterocycles. The normalized spacial score (nSPS) is 10.7. The van der Waals surface area contributed by atoms with E-state index in [2.05, 4.69) is 15.5 Å². The number of hydrogen-bond acceptors (Lipinski definition) is 3. The smallest absolute Gasteiger partial charge is 0.226 e. The number of aromatic amines is 1. The van der Waals surface area contributed by atoms with Gasteiger partial charge in [-0.25, -0.2) is 0 Å². The highest BCUT2D eigenvalue weighted by molar-refractivity contribution is 5.86. The van der Waals surface area contributed by atoms with Crippen LogP contribution in [0.3, 0.4) is 0 Å². The number of nitrogens with zero attached hydrogens (tertiary/aromatic N) is 1. The molecule has 0 spiro atoms. The van der Waals surface area contributed by atoms with Gasteiger partial charge < -0.3 is 14.8 Å². The van der Waals surface area contributed by atoms with E-state index >= 15 is 0 Å². The van der Waals surface area contributed by atoms with E-state index in [1.54, 1.807) is 0 Å². The molecule has 0 radical (unpaired) electrons. The lowest BCUT2D eigenvalue weighted by atomic mass is 10.1. The van der Waals surface area contributed by atoms with Crippen LogP contribution in [-0.4, -0.2) is 16.0 Å². The molecule has 5 nitrogen and oxygen atoms in total. The first-order valence-corrected chi connectivity index (χ1v) is 6.04. The summed E-state index contributed by atoms with van der Waals surface area (Å²) in [6, 6.07) is 9.44. The van der Waals surface area contributed by atoms with Crippen LogP contribution in [0.5, 0.6) is 0 Å². The van der Waals surface area contributed by atoms with Crippen LogP contribution in [-0.2, 0) is 17.8 Å². The fraction of sp³-hybridized carbons (Fsp3) is 0.143. The van der Waals surface area contributed by atoms with Gasteiger partial charge in [0.05, 0.1) is 6.42 Å². The molecule has 0 saturated carbocycles. The zero-order valence-electron chi connectivity index (χ0n) is 10.2. The van der Waals surface area contributed by atoms with Gasteiger partial charge in [0, 0.05) is 24.3 Å². The first-order valence-electron chi connectivity index (χ1n) is 6.04. The molecule has 3 aromatic rings. The van der Waals surface area contributed by atoms with E-state index in [4.69, 9.17) is 4.52 Å². The second kappa shape index (κ2) is 4.97. The molecule has 2 heterocycles. The van der Waals surface area contributed by atoms with Gasteiger partial charge in [0.25, 0.3) is 0 Å². The Hall–Kier alpha value is -2.56. The highest BCUT2D eigenvalue weighted by atomic mass is 16.5. The van der Waals surface area contributed by atoms with Crippen molar-refractivity contribution in [1.82, 2.24) is 15.5 Å². The summed E-state index contributed by atoms with van der Waals surface area (Å²) in [6.45, 7) is 0.512. The number of aromatic nitrogens is 2. The third kappa shape index (κ3) is 2.49. The van der Waals surface area contributed by atoms with Crippen molar-refractivity contribution in [2.75, 3.05) is 0 Å². The van der Waals surface area contributed by atoms with Gasteiger partial charge in [-0.3, -0.25) is 4.79 Å². The van der Waals surface area contributed by atoms with Crippen molar-refractivity contribution < 1.29 is 9.32 Å². The van der Waals surface area contributed by atoms with Crippen LogP contribution in [0.2, 0.25) is 0 Å². The quantitative estimate of drug-likeness (QED) is 0.749. The van der Waals surface area contributed by atoms with E-state index in [0.29, 0.717) is 17.8 Å². The zero-order chi connectivity index (χ0) is 13.1. The van der Waals surface area contributed by atoms with Gasteiger partial charge in [0.2, 0.25) is 5.91 Å². The number of nitrogens with one attached hydrogen (secondary N) is 2. The fourth-order valence-corrected chi connectivity index (χ4v) is 1.95. The third-order valence-electron chi connectivity index (χ3n) is 2.93. The Morgan fingerprint density at radius 3 is 3.05 bits per heavy atom. The van der Waals surface area contributed by atoms with Crippen LogP contribution in [0.25, 0.3) is 11.0 Å². The average Bonchev–Trinajstić information content (AvgIpc) is 3.07. The number of benzene rings is 1. The fourth-order valence-electron chi connectivity index (χ4n) is 1.95. The molecule has 3 rings (SSSR count). The van der Waals surface area contributed by atoms with E-state index in [1.165, 1.54) is 0 Å². The summed E-state index contributed by atoms with van der Waals surface area (Å²) < 4.78 is 5.17. The predicted molar refractivity (Wildman–Crippen MR) is 70.4 cm³/mol. The second-order valence-corrected chi connectivity index (χ2v) is 4.30. The van der Waals surface area contributed by atoms with Crippen molar-refractivity contribution in [1.29, 1.82) is 0 Å². The van der Waals surface area contributed by atoms with Gasteiger partial charge in [-0.15, -0.1) is 0 Å². The first kappa shape index (κ1) is 11.5. The summed E-state index contributed by atoms with van der Waals surface area (Å²) in [4.78, 5) is 14.8. The van der Waals surface area contributed by atoms with Gasteiger partial charge in [-0.2, -0.15) is 0 Å². The number of fused-ring (bicyclic) bond motifs is 1. The van der Waals surface area contributed by atoms with Gasteiger partial charge in [0.15, 0.2) is 5.58 Å². The molecule has 0 aliphatic carbocycles. The van der Waals surface area contributed by atoms with Crippen molar-refractivity contribution in [3.8, 4) is 0 Å². The summed E-state index contributed by atoms with van der Waals surface area (Å²) in [6.07, 6.45) is 3.90. The lowest BCUT2D eigenvalue weighted by Crippen LogP contribution is -2.24. The second-order valence-electron chi connectivity index (χ2n) is 4.30. The van der Waals surface area contributed by atoms with Crippen LogP contribution in [0, 0.1) is 0 Å². The number of hydrogen-bond donors (Lipinski definition) is 2. The van der Waals surface area contributed by atoms with Crippen molar-refractivity contribution in [3.63, 3.8) is 0 Å². The minimum Gasteiger partial charge on any atom is -0.367 e. The number of carbonyl (C=O) groups excluding carboxylic acids is 1. The maximum atomic E-state index is 11.8. The lowest BCUT2D eigenvalue weighted by Gasteiger charge is -2.01. The highest BCUT2D eigenvalue weighted by Crippen LogP contribution is 2.17. The molecule has 2 N–H and O–H groups in total. The minimum absolute atomic E-state index is 0.0692. The number of amides is 1. The maximum Gasteiger partial charge on any atom is 0.226 e. The topological polar surface area (TPSA) is 70.9 Å². The number of carbonyl (C=O) groups is 1. The van der Waals surface area contributed by atoms with Crippen molar-refractivity contribution in [3.05, 3.63) is 54.0 Å². The lowest BCUT2D eigenvalue weighted by molar-refractivity contribution is -0.120. The average molecular weight is 255 g/mol. The van der Waals surface area contributed by atoms with E-state index in [1.807, 2.05) is 42.7 Å². The first-order chi connectivity index (χ1) is 9.33. The van der Waals surface area contributed by atoms with Crippen LogP contribution < -0.4 is 5.32 Å². The molecule has 1 aromatic carbocycles. The molecule has 0 saturated heterocycles. The Balaban J connectivity index is 1.66. The summed E-state index contributed by atoms with van der Waals surface area (Å²) in [5.74, 6) is -0.0692. The molecule has 0 fully saturated rings. The Morgan fingerprint density at radius 1 is 1.32 bits per heavy atom. The number of H-pyrrole nitrogens is 1. The molecule has 0 unspecified atom stereocenters. The Morgan fingerprint density at radius 2 is 2.21 bits per heavy atom. The molecule has 1 amide bonds. The van der Waals surface area contributed by atoms with Crippen LogP contribution >= 0.6 is 0 Å². The van der Waals surface area contributed by atoms with Crippen LogP contribution in [0.15, 0.2) is 47.2 Å². The molecular weight excluding hydrogens is 242 g/mol. The number of rotatable bonds is 4. The van der Waals surface area contributed by atoms with E-state index in [-0.39, 0.29) is 12.3 Å². The molecular formula is C14H13N3O2. The van der Waals surface area contributed by atoms with Gasteiger partial charge in [-0.1, -0.05) is 17.3 Å². The molecule has 0 atom stereocenters. The summed E-state index contributed by atoms with van der Waals surface area (Å²) in [7, 11) is 0. The minimum atomic E-state index is -0.0692. The molecule has 0 aliphatic rings. The standard InChI is InChI=1S/C14H13N3O2/c18-14(16-9-10-5-6-15-8-10)7-12-11-3-1-2-4-13(11)19-17-12/h1-6,8,15H,7,9H2,(H,16,18).